The summed E-state index contributed by atoms with van der Waals surface area (Å²) in [6.45, 7) is 3.72. The molecule has 0 bridgehead atoms. The van der Waals surface area contributed by atoms with Crippen LogP contribution in [0.5, 0.6) is 17.2 Å². The zero-order valence-corrected chi connectivity index (χ0v) is 17.6. The minimum absolute atomic E-state index is 0.283. The van der Waals surface area contributed by atoms with E-state index in [0.717, 1.165) is 0 Å². The maximum Gasteiger partial charge on any atom is 0.344 e. The molecule has 0 unspecified atom stereocenters. The van der Waals surface area contributed by atoms with Crippen molar-refractivity contribution in [3.8, 4) is 17.2 Å². The predicted molar refractivity (Wildman–Crippen MR) is 108 cm³/mol. The van der Waals surface area contributed by atoms with Gasteiger partial charge in [-0.15, -0.1) is 0 Å². The summed E-state index contributed by atoms with van der Waals surface area (Å²) in [6.07, 6.45) is 0. The van der Waals surface area contributed by atoms with Crippen molar-refractivity contribution in [3.05, 3.63) is 46.7 Å². The molecule has 0 aliphatic carbocycles. The van der Waals surface area contributed by atoms with Crippen LogP contribution < -0.4 is 19.5 Å². The molecule has 0 saturated carbocycles. The number of anilines is 1. The molecule has 7 nitrogen and oxygen atoms in total. The second-order valence-electron chi connectivity index (χ2n) is 5.60. The van der Waals surface area contributed by atoms with Gasteiger partial charge in [0.25, 0.3) is 5.91 Å². The predicted octanol–water partition coefficient (Wildman–Crippen LogP) is 3.95. The van der Waals surface area contributed by atoms with Crippen molar-refractivity contribution in [1.29, 1.82) is 0 Å². The zero-order valence-electron chi connectivity index (χ0n) is 16.0. The van der Waals surface area contributed by atoms with Crippen LogP contribution in [-0.4, -0.2) is 38.3 Å². The van der Waals surface area contributed by atoms with Crippen molar-refractivity contribution >= 4 is 33.5 Å². The van der Waals surface area contributed by atoms with Crippen molar-refractivity contribution < 1.29 is 32.9 Å². The monoisotopic (exact) mass is 469 g/mol. The molecule has 9 heteroatoms. The van der Waals surface area contributed by atoms with Crippen LogP contribution in [0.1, 0.15) is 13.8 Å². The molecule has 0 spiro atoms. The quantitative estimate of drug-likeness (QED) is 0.530. The summed E-state index contributed by atoms with van der Waals surface area (Å²) in [5, 5.41) is 2.61. The van der Waals surface area contributed by atoms with E-state index in [1.165, 1.54) is 18.2 Å². The molecule has 2 aromatic carbocycles. The van der Waals surface area contributed by atoms with E-state index in [2.05, 4.69) is 21.2 Å². The molecule has 0 radical (unpaired) electrons. The molecule has 1 N–H and O–H groups in total. The van der Waals surface area contributed by atoms with Crippen LogP contribution >= 0.6 is 15.9 Å². The smallest absolute Gasteiger partial charge is 0.344 e. The minimum Gasteiger partial charge on any atom is -0.490 e. The van der Waals surface area contributed by atoms with Crippen LogP contribution in [0.2, 0.25) is 0 Å². The lowest BCUT2D eigenvalue weighted by atomic mass is 10.2. The Morgan fingerprint density at radius 2 is 1.62 bits per heavy atom. The first-order valence-corrected chi connectivity index (χ1v) is 9.65. The molecule has 1 amide bonds. The molecule has 0 atom stereocenters. The van der Waals surface area contributed by atoms with E-state index >= 15 is 0 Å². The lowest BCUT2D eigenvalue weighted by Crippen LogP contribution is -2.23. The third kappa shape index (κ3) is 7.26. The number of carbonyl (C=O) groups excluding carboxylic acids is 2. The summed E-state index contributed by atoms with van der Waals surface area (Å²) in [5.41, 5.74) is 0.476. The Morgan fingerprint density at radius 3 is 2.31 bits per heavy atom. The van der Waals surface area contributed by atoms with Gasteiger partial charge in [0.2, 0.25) is 0 Å². The molecule has 2 aromatic rings. The Kier molecular flexibility index (Phi) is 8.72. The summed E-state index contributed by atoms with van der Waals surface area (Å²) in [7, 11) is 0. The summed E-state index contributed by atoms with van der Waals surface area (Å²) < 4.78 is 34.5. The van der Waals surface area contributed by atoms with Gasteiger partial charge in [0, 0.05) is 11.8 Å². The maximum atomic E-state index is 13.0. The highest BCUT2D eigenvalue weighted by Gasteiger charge is 2.12. The van der Waals surface area contributed by atoms with E-state index < -0.39 is 30.9 Å². The maximum absolute atomic E-state index is 13.0. The van der Waals surface area contributed by atoms with E-state index in [-0.39, 0.29) is 5.75 Å². The van der Waals surface area contributed by atoms with Crippen LogP contribution in [0.3, 0.4) is 0 Å². The Balaban J connectivity index is 1.82. The number of carbonyl (C=O) groups is 2. The van der Waals surface area contributed by atoms with Gasteiger partial charge < -0.3 is 24.3 Å². The van der Waals surface area contributed by atoms with E-state index in [1.807, 2.05) is 13.8 Å². The fourth-order valence-corrected chi connectivity index (χ4v) is 2.71. The topological polar surface area (TPSA) is 83.1 Å². The Morgan fingerprint density at radius 1 is 0.931 bits per heavy atom. The van der Waals surface area contributed by atoms with Gasteiger partial charge in [0.15, 0.2) is 24.7 Å². The normalized spacial score (nSPS) is 10.2. The molecule has 2 rings (SSSR count). The summed E-state index contributed by atoms with van der Waals surface area (Å²) in [6, 6.07) is 8.76. The number of amides is 1. The van der Waals surface area contributed by atoms with Gasteiger partial charge in [0.05, 0.1) is 17.7 Å². The second-order valence-corrected chi connectivity index (χ2v) is 6.45. The number of halogens is 2. The van der Waals surface area contributed by atoms with Crippen molar-refractivity contribution in [1.82, 2.24) is 0 Å². The van der Waals surface area contributed by atoms with Crippen LogP contribution in [0.25, 0.3) is 0 Å². The van der Waals surface area contributed by atoms with Crippen molar-refractivity contribution in [2.24, 2.45) is 0 Å². The minimum atomic E-state index is -0.738. The highest BCUT2D eigenvalue weighted by molar-refractivity contribution is 9.10. The molecule has 0 aliphatic rings. The fourth-order valence-electron chi connectivity index (χ4n) is 2.24. The SMILES string of the molecule is CCOc1ccc(NC(=O)COC(=O)COc2ccc(F)cc2Br)cc1OCC. The van der Waals surface area contributed by atoms with Gasteiger partial charge in [0.1, 0.15) is 11.6 Å². The fraction of sp³-hybridized carbons (Fsp3) is 0.300. The van der Waals surface area contributed by atoms with Gasteiger partial charge in [-0.05, 0) is 60.1 Å². The van der Waals surface area contributed by atoms with Gasteiger partial charge in [-0.25, -0.2) is 9.18 Å². The molecule has 0 saturated heterocycles. The average molecular weight is 470 g/mol. The van der Waals surface area contributed by atoms with E-state index in [1.54, 1.807) is 18.2 Å². The van der Waals surface area contributed by atoms with Crippen molar-refractivity contribution in [2.45, 2.75) is 13.8 Å². The molecular weight excluding hydrogens is 449 g/mol. The van der Waals surface area contributed by atoms with Crippen LogP contribution in [0.4, 0.5) is 10.1 Å². The summed E-state index contributed by atoms with van der Waals surface area (Å²) >= 11 is 3.13. The molecule has 0 aliphatic heterocycles. The molecule has 29 heavy (non-hydrogen) atoms. The molecular formula is C20H21BrFNO6. The zero-order chi connectivity index (χ0) is 21.2. The van der Waals surface area contributed by atoms with E-state index in [9.17, 15) is 14.0 Å². The number of hydrogen-bond donors (Lipinski definition) is 1. The largest absolute Gasteiger partial charge is 0.490 e. The molecule has 0 fully saturated rings. The lowest BCUT2D eigenvalue weighted by molar-refractivity contribution is -0.149. The molecule has 0 aromatic heterocycles. The molecule has 156 valence electrons. The number of ether oxygens (including phenoxy) is 4. The Bertz CT molecular complexity index is 861. The Hall–Kier alpha value is -2.81. The second kappa shape index (κ2) is 11.3. The van der Waals surface area contributed by atoms with Crippen LogP contribution in [0, 0.1) is 5.82 Å². The lowest BCUT2D eigenvalue weighted by Gasteiger charge is -2.13. The van der Waals surface area contributed by atoms with Gasteiger partial charge in [-0.2, -0.15) is 0 Å². The average Bonchev–Trinajstić information content (AvgIpc) is 2.68. The first-order valence-electron chi connectivity index (χ1n) is 8.85. The highest BCUT2D eigenvalue weighted by atomic mass is 79.9. The summed E-state index contributed by atoms with van der Waals surface area (Å²) in [4.78, 5) is 23.8. The number of benzene rings is 2. The Labute approximate surface area is 176 Å². The number of rotatable bonds is 10. The van der Waals surface area contributed by atoms with Crippen molar-refractivity contribution in [2.75, 3.05) is 31.7 Å². The number of esters is 1. The third-order valence-corrected chi connectivity index (χ3v) is 4.05. The molecule has 0 heterocycles. The first-order chi connectivity index (χ1) is 13.9. The van der Waals surface area contributed by atoms with Crippen LogP contribution in [-0.2, 0) is 14.3 Å². The van der Waals surface area contributed by atoms with Crippen LogP contribution in [0.15, 0.2) is 40.9 Å². The number of hydrogen-bond acceptors (Lipinski definition) is 6. The van der Waals surface area contributed by atoms with E-state index in [0.29, 0.717) is 34.9 Å². The van der Waals surface area contributed by atoms with Gasteiger partial charge in [-0.3, -0.25) is 4.79 Å². The van der Waals surface area contributed by atoms with Crippen molar-refractivity contribution in [3.63, 3.8) is 0 Å². The van der Waals surface area contributed by atoms with Gasteiger partial charge in [-0.1, -0.05) is 0 Å². The summed E-state index contributed by atoms with van der Waals surface area (Å²) in [5.74, 6) is -0.341. The van der Waals surface area contributed by atoms with E-state index in [4.69, 9.17) is 18.9 Å². The standard InChI is InChI=1S/C20H21BrFNO6/c1-3-26-17-8-6-14(10-18(17)27-4-2)23-19(24)11-29-20(25)12-28-16-7-5-13(22)9-15(16)21/h5-10H,3-4,11-12H2,1-2H3,(H,23,24). The number of nitrogens with one attached hydrogen (secondary N) is 1. The van der Waals surface area contributed by atoms with Gasteiger partial charge >= 0.3 is 5.97 Å². The first kappa shape index (κ1) is 22.5. The highest BCUT2D eigenvalue weighted by Crippen LogP contribution is 2.30. The third-order valence-electron chi connectivity index (χ3n) is 3.43.